The number of fused-ring (bicyclic) bond motifs is 1. The summed E-state index contributed by atoms with van der Waals surface area (Å²) in [5.74, 6) is -0.507. The van der Waals surface area contributed by atoms with Crippen LogP contribution in [0, 0.1) is 0 Å². The van der Waals surface area contributed by atoms with Crippen LogP contribution in [0.4, 0.5) is 10.7 Å². The van der Waals surface area contributed by atoms with E-state index in [1.165, 1.54) is 17.5 Å². The molecule has 1 fully saturated rings. The van der Waals surface area contributed by atoms with Crippen molar-refractivity contribution in [1.29, 1.82) is 0 Å². The zero-order valence-corrected chi connectivity index (χ0v) is 19.6. The van der Waals surface area contributed by atoms with Gasteiger partial charge in [0.2, 0.25) is 0 Å². The second kappa shape index (κ2) is 9.77. The summed E-state index contributed by atoms with van der Waals surface area (Å²) >= 11 is 1.48. The first-order valence-electron chi connectivity index (χ1n) is 11.7. The molecule has 1 aromatic carbocycles. The lowest BCUT2D eigenvalue weighted by Gasteiger charge is -2.16. The lowest BCUT2D eigenvalue weighted by atomic mass is 9.95. The van der Waals surface area contributed by atoms with Crippen LogP contribution in [0.3, 0.4) is 0 Å². The molecule has 174 valence electrons. The first-order chi connectivity index (χ1) is 16.6. The molecule has 0 bridgehead atoms. The topological polar surface area (TPSA) is 91.4 Å². The molecule has 5 rings (SSSR count). The van der Waals surface area contributed by atoms with E-state index in [1.807, 2.05) is 4.90 Å². The van der Waals surface area contributed by atoms with Gasteiger partial charge in [0.1, 0.15) is 5.00 Å². The lowest BCUT2D eigenvalue weighted by molar-refractivity contribution is 0.0792. The summed E-state index contributed by atoms with van der Waals surface area (Å²) < 4.78 is 0. The maximum atomic E-state index is 13.4. The van der Waals surface area contributed by atoms with E-state index in [1.54, 1.807) is 42.6 Å². The molecule has 1 saturated heterocycles. The molecular weight excluding hydrogens is 448 g/mol. The molecule has 7 nitrogen and oxygen atoms in total. The molecule has 34 heavy (non-hydrogen) atoms. The fraction of sp³-hybridized carbons (Fsp3) is 0.308. The molecule has 8 heteroatoms. The van der Waals surface area contributed by atoms with Crippen LogP contribution in [-0.2, 0) is 12.8 Å². The van der Waals surface area contributed by atoms with Crippen LogP contribution in [0.15, 0.2) is 48.8 Å². The van der Waals surface area contributed by atoms with Crippen molar-refractivity contribution in [3.05, 3.63) is 75.9 Å². The molecular formula is C26H26N4O3S. The third-order valence-corrected chi connectivity index (χ3v) is 7.54. The Balaban J connectivity index is 1.36. The third kappa shape index (κ3) is 4.59. The summed E-state index contributed by atoms with van der Waals surface area (Å²) in [7, 11) is 0. The SMILES string of the molecule is O=C(Nc1sc2c(c1C(=O)Nc1ccc(C(=O)N3CCCC3)cc1)CCCC2)c1cccnc1. The van der Waals surface area contributed by atoms with Crippen molar-refractivity contribution < 1.29 is 14.4 Å². The van der Waals surface area contributed by atoms with Crippen LogP contribution in [0.5, 0.6) is 0 Å². The number of anilines is 2. The summed E-state index contributed by atoms with van der Waals surface area (Å²) in [6.45, 7) is 1.60. The van der Waals surface area contributed by atoms with Gasteiger partial charge < -0.3 is 15.5 Å². The van der Waals surface area contributed by atoms with Crippen molar-refractivity contribution in [2.24, 2.45) is 0 Å². The first-order valence-corrected chi connectivity index (χ1v) is 12.5. The van der Waals surface area contributed by atoms with Crippen molar-refractivity contribution >= 4 is 39.7 Å². The van der Waals surface area contributed by atoms with Gasteiger partial charge in [-0.2, -0.15) is 0 Å². The number of carbonyl (C=O) groups is 3. The molecule has 1 aliphatic heterocycles. The highest BCUT2D eigenvalue weighted by molar-refractivity contribution is 7.17. The Labute approximate surface area is 202 Å². The minimum atomic E-state index is -0.287. The summed E-state index contributed by atoms with van der Waals surface area (Å²) in [5, 5.41) is 6.47. The van der Waals surface area contributed by atoms with Gasteiger partial charge in [0.25, 0.3) is 17.7 Å². The van der Waals surface area contributed by atoms with Crippen LogP contribution >= 0.6 is 11.3 Å². The monoisotopic (exact) mass is 474 g/mol. The zero-order valence-electron chi connectivity index (χ0n) is 18.8. The number of amides is 3. The second-order valence-electron chi connectivity index (χ2n) is 8.64. The fourth-order valence-electron chi connectivity index (χ4n) is 4.56. The lowest BCUT2D eigenvalue weighted by Crippen LogP contribution is -2.27. The van der Waals surface area contributed by atoms with Gasteiger partial charge in [0.15, 0.2) is 0 Å². The highest BCUT2D eigenvalue weighted by Gasteiger charge is 2.27. The van der Waals surface area contributed by atoms with E-state index in [9.17, 15) is 14.4 Å². The quantitative estimate of drug-likeness (QED) is 0.558. The summed E-state index contributed by atoms with van der Waals surface area (Å²) in [4.78, 5) is 45.7. The van der Waals surface area contributed by atoms with Crippen molar-refractivity contribution in [3.8, 4) is 0 Å². The van der Waals surface area contributed by atoms with Crippen LogP contribution in [0.1, 0.15) is 67.2 Å². The smallest absolute Gasteiger partial charge is 0.258 e. The number of rotatable bonds is 5. The maximum absolute atomic E-state index is 13.4. The Bertz CT molecular complexity index is 1210. The molecule has 3 heterocycles. The molecule has 0 saturated carbocycles. The standard InChI is InChI=1S/C26H26N4O3S/c31-23(18-6-5-13-27-16-18)29-25-22(20-7-1-2-8-21(20)34-25)24(32)28-19-11-9-17(10-12-19)26(33)30-14-3-4-15-30/h5-6,9-13,16H,1-4,7-8,14-15H2,(H,28,32)(H,29,31). The summed E-state index contributed by atoms with van der Waals surface area (Å²) in [6, 6.07) is 10.4. The number of likely N-dealkylation sites (tertiary alicyclic amines) is 1. The van der Waals surface area contributed by atoms with Gasteiger partial charge in [-0.15, -0.1) is 11.3 Å². The molecule has 2 aromatic heterocycles. The number of thiophene rings is 1. The highest BCUT2D eigenvalue weighted by Crippen LogP contribution is 2.38. The van der Waals surface area contributed by atoms with Crippen molar-refractivity contribution in [2.75, 3.05) is 23.7 Å². The van der Waals surface area contributed by atoms with Gasteiger partial charge in [0, 0.05) is 41.6 Å². The number of pyridine rings is 1. The van der Waals surface area contributed by atoms with E-state index < -0.39 is 0 Å². The fourth-order valence-corrected chi connectivity index (χ4v) is 5.84. The molecule has 2 aliphatic rings. The number of nitrogens with one attached hydrogen (secondary N) is 2. The Kier molecular flexibility index (Phi) is 6.40. The average Bonchev–Trinajstić information content (AvgIpc) is 3.53. The van der Waals surface area contributed by atoms with E-state index in [-0.39, 0.29) is 17.7 Å². The van der Waals surface area contributed by atoms with E-state index in [0.717, 1.165) is 62.1 Å². The normalized spacial score (nSPS) is 15.0. The highest BCUT2D eigenvalue weighted by atomic mass is 32.1. The molecule has 1 aliphatic carbocycles. The van der Waals surface area contributed by atoms with Gasteiger partial charge in [-0.1, -0.05) is 0 Å². The van der Waals surface area contributed by atoms with Crippen LogP contribution in [0.2, 0.25) is 0 Å². The second-order valence-corrected chi connectivity index (χ2v) is 9.75. The average molecular weight is 475 g/mol. The van der Waals surface area contributed by atoms with Crippen molar-refractivity contribution in [3.63, 3.8) is 0 Å². The van der Waals surface area contributed by atoms with Crippen molar-refractivity contribution in [2.45, 2.75) is 38.5 Å². The minimum Gasteiger partial charge on any atom is -0.339 e. The summed E-state index contributed by atoms with van der Waals surface area (Å²) in [5.41, 5.74) is 3.24. The van der Waals surface area contributed by atoms with E-state index in [4.69, 9.17) is 0 Å². The van der Waals surface area contributed by atoms with E-state index in [0.29, 0.717) is 27.4 Å². The van der Waals surface area contributed by atoms with Gasteiger partial charge in [-0.05, 0) is 80.5 Å². The summed E-state index contributed by atoms with van der Waals surface area (Å²) in [6.07, 6.45) is 9.05. The minimum absolute atomic E-state index is 0.0303. The Morgan fingerprint density at radius 2 is 1.62 bits per heavy atom. The zero-order chi connectivity index (χ0) is 23.5. The van der Waals surface area contributed by atoms with Gasteiger partial charge in [-0.3, -0.25) is 19.4 Å². The molecule has 0 spiro atoms. The Morgan fingerprint density at radius 1 is 0.853 bits per heavy atom. The van der Waals surface area contributed by atoms with Crippen LogP contribution in [-0.4, -0.2) is 40.7 Å². The molecule has 2 N–H and O–H groups in total. The number of carbonyl (C=O) groups excluding carboxylic acids is 3. The number of hydrogen-bond acceptors (Lipinski definition) is 5. The first kappa shape index (κ1) is 22.3. The van der Waals surface area contributed by atoms with Crippen LogP contribution in [0.25, 0.3) is 0 Å². The third-order valence-electron chi connectivity index (χ3n) is 6.33. The van der Waals surface area contributed by atoms with Gasteiger partial charge in [0.05, 0.1) is 11.1 Å². The molecule has 0 radical (unpaired) electrons. The predicted molar refractivity (Wildman–Crippen MR) is 133 cm³/mol. The Morgan fingerprint density at radius 3 is 2.35 bits per heavy atom. The molecule has 3 aromatic rings. The van der Waals surface area contributed by atoms with Gasteiger partial charge in [-0.25, -0.2) is 0 Å². The van der Waals surface area contributed by atoms with E-state index >= 15 is 0 Å². The predicted octanol–water partition coefficient (Wildman–Crippen LogP) is 4.76. The van der Waals surface area contributed by atoms with Crippen molar-refractivity contribution in [1.82, 2.24) is 9.88 Å². The Hall–Kier alpha value is -3.52. The largest absolute Gasteiger partial charge is 0.339 e. The number of nitrogens with zero attached hydrogens (tertiary/aromatic N) is 2. The molecule has 0 atom stereocenters. The van der Waals surface area contributed by atoms with Gasteiger partial charge >= 0.3 is 0 Å². The number of aryl methyl sites for hydroxylation is 1. The maximum Gasteiger partial charge on any atom is 0.258 e. The molecule has 0 unspecified atom stereocenters. The van der Waals surface area contributed by atoms with E-state index in [2.05, 4.69) is 15.6 Å². The molecule has 3 amide bonds. The number of hydrogen-bond donors (Lipinski definition) is 2. The van der Waals surface area contributed by atoms with Crippen LogP contribution < -0.4 is 10.6 Å². The number of aromatic nitrogens is 1. The number of benzene rings is 1.